The number of fused-ring (bicyclic) bond motifs is 1. The molecule has 9 atom stereocenters. The second-order valence-electron chi connectivity index (χ2n) is 16.7. The predicted molar refractivity (Wildman–Crippen MR) is 159 cm³/mol. The number of rotatable bonds is 14. The highest BCUT2D eigenvalue weighted by molar-refractivity contribution is 5.28. The quantitative estimate of drug-likeness (QED) is 0.205. The average molecular weight is 507 g/mol. The van der Waals surface area contributed by atoms with Crippen LogP contribution < -0.4 is 0 Å². The van der Waals surface area contributed by atoms with Crippen LogP contribution in [-0.2, 0) is 0 Å². The minimum atomic E-state index is 0.520. The van der Waals surface area contributed by atoms with E-state index in [1.165, 1.54) is 64.2 Å². The van der Waals surface area contributed by atoms with E-state index in [-0.39, 0.29) is 0 Å². The van der Waals surface area contributed by atoms with Crippen LogP contribution in [0.1, 0.15) is 145 Å². The fraction of sp³-hybridized carbons (Fsp3) is 0.946. The summed E-state index contributed by atoms with van der Waals surface area (Å²) in [6.45, 7) is 20.5. The van der Waals surface area contributed by atoms with Crippen LogP contribution in [0.2, 0.25) is 0 Å². The first-order valence-electron chi connectivity index (χ1n) is 17.3. The van der Waals surface area contributed by atoms with Gasteiger partial charge < -0.3 is 0 Å². The van der Waals surface area contributed by atoms with Crippen LogP contribution in [0.5, 0.6) is 0 Å². The van der Waals surface area contributed by atoms with E-state index in [2.05, 4.69) is 61.5 Å². The second kappa shape index (κ2) is 9.13. The van der Waals surface area contributed by atoms with Gasteiger partial charge in [0.2, 0.25) is 0 Å². The summed E-state index contributed by atoms with van der Waals surface area (Å²) in [5.41, 5.74) is 4.45. The van der Waals surface area contributed by atoms with Crippen LogP contribution in [-0.4, -0.2) is 0 Å². The molecule has 0 heteroatoms. The lowest BCUT2D eigenvalue weighted by Gasteiger charge is -2.57. The third-order valence-corrected chi connectivity index (χ3v) is 15.0. The van der Waals surface area contributed by atoms with Gasteiger partial charge in [0.1, 0.15) is 0 Å². The molecule has 0 amide bonds. The fourth-order valence-electron chi connectivity index (χ4n) is 12.4. The monoisotopic (exact) mass is 506 g/mol. The van der Waals surface area contributed by atoms with E-state index in [1.807, 2.05) is 0 Å². The summed E-state index contributed by atoms with van der Waals surface area (Å²) in [7, 11) is 0. The zero-order valence-electron chi connectivity index (χ0n) is 26.2. The summed E-state index contributed by atoms with van der Waals surface area (Å²) in [5, 5.41) is 0. The molecule has 0 aromatic rings. The Bertz CT molecular complexity index is 872. The summed E-state index contributed by atoms with van der Waals surface area (Å²) in [4.78, 5) is 0. The van der Waals surface area contributed by atoms with Crippen LogP contribution >= 0.6 is 0 Å². The van der Waals surface area contributed by atoms with Gasteiger partial charge in [0.25, 0.3) is 0 Å². The van der Waals surface area contributed by atoms with Gasteiger partial charge in [-0.25, -0.2) is 0 Å². The van der Waals surface area contributed by atoms with Gasteiger partial charge >= 0.3 is 0 Å². The highest BCUT2D eigenvalue weighted by Gasteiger charge is 2.80. The third-order valence-electron chi connectivity index (χ3n) is 15.0. The van der Waals surface area contributed by atoms with E-state index < -0.39 is 0 Å². The minimum absolute atomic E-state index is 0.520. The average Bonchev–Trinajstić information content (AvgIpc) is 3.74. The number of hydrogen-bond donors (Lipinski definition) is 0. The van der Waals surface area contributed by atoms with Gasteiger partial charge in [0, 0.05) is 0 Å². The van der Waals surface area contributed by atoms with E-state index in [9.17, 15) is 0 Å². The fourth-order valence-corrected chi connectivity index (χ4v) is 12.4. The zero-order chi connectivity index (χ0) is 26.4. The summed E-state index contributed by atoms with van der Waals surface area (Å²) < 4.78 is 0. The van der Waals surface area contributed by atoms with Crippen molar-refractivity contribution in [3.05, 3.63) is 11.6 Å². The zero-order valence-corrected chi connectivity index (χ0v) is 26.2. The van der Waals surface area contributed by atoms with Gasteiger partial charge in [0.05, 0.1) is 0 Å². The van der Waals surface area contributed by atoms with Crippen LogP contribution in [0.15, 0.2) is 11.6 Å². The van der Waals surface area contributed by atoms with Crippen LogP contribution in [0.4, 0.5) is 0 Å². The summed E-state index contributed by atoms with van der Waals surface area (Å²) >= 11 is 0. The normalized spacial score (nSPS) is 50.1. The number of allylic oxidation sites excluding steroid dienone is 2. The molecule has 210 valence electrons. The Balaban J connectivity index is 1.11. The maximum atomic E-state index is 2.71. The molecule has 37 heavy (non-hydrogen) atoms. The Morgan fingerprint density at radius 3 is 2.11 bits per heavy atom. The van der Waals surface area contributed by atoms with Crippen LogP contribution in [0.25, 0.3) is 0 Å². The summed E-state index contributed by atoms with van der Waals surface area (Å²) in [6.07, 6.45) is 23.7. The SMILES string of the molecule is CCCC1(CC(CC)C2(CC3(C)C4C(C)C43)CC2)CC(C)C1CCC1C(CC)C1(C)C(C)=CC1CCC1. The molecule has 6 rings (SSSR count). The molecule has 0 aliphatic heterocycles. The molecule has 6 aliphatic rings. The minimum Gasteiger partial charge on any atom is -0.0819 e. The first kappa shape index (κ1) is 26.9. The van der Waals surface area contributed by atoms with E-state index >= 15 is 0 Å². The van der Waals surface area contributed by atoms with Gasteiger partial charge in [-0.2, -0.15) is 0 Å². The van der Waals surface area contributed by atoms with Gasteiger partial charge in [0.15, 0.2) is 0 Å². The van der Waals surface area contributed by atoms with Crippen LogP contribution in [0, 0.1) is 74.9 Å². The molecular formula is C37H62. The number of hydrogen-bond acceptors (Lipinski definition) is 0. The molecule has 0 heterocycles. The van der Waals surface area contributed by atoms with Crippen molar-refractivity contribution in [2.75, 3.05) is 0 Å². The third kappa shape index (κ3) is 4.09. The summed E-state index contributed by atoms with van der Waals surface area (Å²) in [6, 6.07) is 0. The van der Waals surface area contributed by atoms with Crippen molar-refractivity contribution in [3.8, 4) is 0 Å². The first-order valence-corrected chi connectivity index (χ1v) is 17.3. The molecule has 6 fully saturated rings. The second-order valence-corrected chi connectivity index (χ2v) is 16.7. The Labute approximate surface area is 231 Å². The maximum absolute atomic E-state index is 2.71. The molecule has 0 N–H and O–H groups in total. The van der Waals surface area contributed by atoms with Crippen molar-refractivity contribution < 1.29 is 0 Å². The van der Waals surface area contributed by atoms with Crippen molar-refractivity contribution in [1.29, 1.82) is 0 Å². The van der Waals surface area contributed by atoms with Gasteiger partial charge in [-0.1, -0.05) is 85.8 Å². The first-order chi connectivity index (χ1) is 17.6. The van der Waals surface area contributed by atoms with Gasteiger partial charge in [-0.05, 0) is 146 Å². The largest absolute Gasteiger partial charge is 0.0819 e. The van der Waals surface area contributed by atoms with E-state index in [4.69, 9.17) is 0 Å². The van der Waals surface area contributed by atoms with E-state index in [0.29, 0.717) is 10.8 Å². The van der Waals surface area contributed by atoms with E-state index in [1.54, 1.807) is 31.3 Å². The molecule has 0 aromatic heterocycles. The molecule has 0 bridgehead atoms. The van der Waals surface area contributed by atoms with E-state index in [0.717, 1.165) is 64.1 Å². The smallest absolute Gasteiger partial charge is 0.00568 e. The topological polar surface area (TPSA) is 0 Å². The predicted octanol–water partition coefficient (Wildman–Crippen LogP) is 11.1. The Morgan fingerprint density at radius 2 is 1.62 bits per heavy atom. The molecule has 9 unspecified atom stereocenters. The molecule has 6 saturated carbocycles. The maximum Gasteiger partial charge on any atom is -0.00568 e. The Hall–Kier alpha value is -0.260. The molecule has 0 spiro atoms. The van der Waals surface area contributed by atoms with Crippen molar-refractivity contribution >= 4 is 0 Å². The summed E-state index contributed by atoms with van der Waals surface area (Å²) in [5.74, 6) is 9.08. The molecule has 0 aromatic carbocycles. The van der Waals surface area contributed by atoms with Crippen molar-refractivity contribution in [1.82, 2.24) is 0 Å². The van der Waals surface area contributed by atoms with Crippen molar-refractivity contribution in [2.24, 2.45) is 74.9 Å². The van der Waals surface area contributed by atoms with Crippen molar-refractivity contribution in [3.63, 3.8) is 0 Å². The molecule has 0 nitrogen and oxygen atoms in total. The lowest BCUT2D eigenvalue weighted by molar-refractivity contribution is -0.0777. The molecule has 0 radical (unpaired) electrons. The highest BCUT2D eigenvalue weighted by Crippen LogP contribution is 2.85. The standard InChI is InChI=1S/C37H62/c1-9-17-37(22-28(10-2)36(18-19-36)23-34(7)32-26(6)33(32)34)21-24(4)30(37)15-16-31-29(11-3)35(31,8)25(5)20-27-13-12-14-27/h20,24,26-33H,9-19,21-23H2,1-8H3. The molecular weight excluding hydrogens is 444 g/mol. The Morgan fingerprint density at radius 1 is 0.946 bits per heavy atom. The lowest BCUT2D eigenvalue weighted by Crippen LogP contribution is -2.49. The van der Waals surface area contributed by atoms with Crippen molar-refractivity contribution in [2.45, 2.75) is 145 Å². The Kier molecular flexibility index (Phi) is 6.65. The molecule has 6 aliphatic carbocycles. The lowest BCUT2D eigenvalue weighted by atomic mass is 9.47. The van der Waals surface area contributed by atoms with Crippen LogP contribution in [0.3, 0.4) is 0 Å². The van der Waals surface area contributed by atoms with Gasteiger partial charge in [-0.3, -0.25) is 0 Å². The molecule has 0 saturated heterocycles. The highest BCUT2D eigenvalue weighted by atomic mass is 14.8. The van der Waals surface area contributed by atoms with Gasteiger partial charge in [-0.15, -0.1) is 0 Å².